The largest absolute Gasteiger partial charge is 0.366 e. The standard InChI is InChI=1S/C6H12N6O3S/c1-16(14,15)9-3-2-8-5(13)4-10-6(7)12-11-4/h9H,2-3H2,1H3,(H,8,13)(H3,7,10,11,12). The SMILES string of the molecule is CS(=O)(=O)NCCNC(=O)c1nc(N)n[nH]1. The lowest BCUT2D eigenvalue weighted by Crippen LogP contribution is -2.34. The molecule has 0 fully saturated rings. The number of H-pyrrole nitrogens is 1. The first-order valence-electron chi connectivity index (χ1n) is 4.29. The summed E-state index contributed by atoms with van der Waals surface area (Å²) in [6.07, 6.45) is 1.03. The number of aromatic nitrogens is 3. The Kier molecular flexibility index (Phi) is 3.79. The van der Waals surface area contributed by atoms with Crippen molar-refractivity contribution < 1.29 is 13.2 Å². The van der Waals surface area contributed by atoms with Crippen molar-refractivity contribution in [1.82, 2.24) is 25.2 Å². The highest BCUT2D eigenvalue weighted by atomic mass is 32.2. The average molecular weight is 248 g/mol. The molecular formula is C6H12N6O3S. The highest BCUT2D eigenvalue weighted by molar-refractivity contribution is 7.88. The Balaban J connectivity index is 2.31. The van der Waals surface area contributed by atoms with Gasteiger partial charge in [0.25, 0.3) is 5.91 Å². The maximum Gasteiger partial charge on any atom is 0.288 e. The fraction of sp³-hybridized carbons (Fsp3) is 0.500. The number of anilines is 1. The van der Waals surface area contributed by atoms with E-state index in [1.807, 2.05) is 0 Å². The van der Waals surface area contributed by atoms with Crippen molar-refractivity contribution in [2.75, 3.05) is 25.1 Å². The van der Waals surface area contributed by atoms with Crippen LogP contribution < -0.4 is 15.8 Å². The number of hydrogen-bond donors (Lipinski definition) is 4. The third-order valence-electron chi connectivity index (χ3n) is 1.49. The van der Waals surface area contributed by atoms with E-state index in [0.29, 0.717) is 0 Å². The Morgan fingerprint density at radius 3 is 2.69 bits per heavy atom. The fourth-order valence-electron chi connectivity index (χ4n) is 0.873. The van der Waals surface area contributed by atoms with E-state index < -0.39 is 15.9 Å². The summed E-state index contributed by atoms with van der Waals surface area (Å²) in [4.78, 5) is 14.9. The molecule has 9 nitrogen and oxygen atoms in total. The van der Waals surface area contributed by atoms with E-state index in [1.54, 1.807) is 0 Å². The van der Waals surface area contributed by atoms with Gasteiger partial charge in [-0.2, -0.15) is 4.98 Å². The van der Waals surface area contributed by atoms with Crippen LogP contribution >= 0.6 is 0 Å². The monoisotopic (exact) mass is 248 g/mol. The molecule has 0 atom stereocenters. The molecule has 0 aliphatic carbocycles. The molecule has 1 heterocycles. The van der Waals surface area contributed by atoms with Crippen LogP contribution in [0.25, 0.3) is 0 Å². The van der Waals surface area contributed by atoms with E-state index >= 15 is 0 Å². The number of carbonyl (C=O) groups is 1. The molecule has 0 saturated heterocycles. The van der Waals surface area contributed by atoms with Crippen LogP contribution in [0.15, 0.2) is 0 Å². The maximum atomic E-state index is 11.3. The van der Waals surface area contributed by atoms with Gasteiger partial charge in [0.05, 0.1) is 6.26 Å². The molecule has 0 bridgehead atoms. The number of nitrogens with one attached hydrogen (secondary N) is 3. The highest BCUT2D eigenvalue weighted by Crippen LogP contribution is 1.91. The Morgan fingerprint density at radius 2 is 2.19 bits per heavy atom. The van der Waals surface area contributed by atoms with Gasteiger partial charge in [-0.15, -0.1) is 5.10 Å². The minimum Gasteiger partial charge on any atom is -0.366 e. The van der Waals surface area contributed by atoms with Gasteiger partial charge in [0.2, 0.25) is 21.8 Å². The lowest BCUT2D eigenvalue weighted by Gasteiger charge is -2.03. The van der Waals surface area contributed by atoms with E-state index in [4.69, 9.17) is 5.73 Å². The molecule has 5 N–H and O–H groups in total. The quantitative estimate of drug-likeness (QED) is 0.430. The van der Waals surface area contributed by atoms with Crippen molar-refractivity contribution in [2.24, 2.45) is 0 Å². The Labute approximate surface area is 91.9 Å². The third-order valence-corrected chi connectivity index (χ3v) is 2.22. The Hall–Kier alpha value is -1.68. The highest BCUT2D eigenvalue weighted by Gasteiger charge is 2.09. The van der Waals surface area contributed by atoms with Crippen molar-refractivity contribution in [3.63, 3.8) is 0 Å². The summed E-state index contributed by atoms with van der Waals surface area (Å²) in [5.74, 6) is -0.546. The van der Waals surface area contributed by atoms with Crippen molar-refractivity contribution >= 4 is 21.9 Å². The molecular weight excluding hydrogens is 236 g/mol. The number of nitrogens with zero attached hydrogens (tertiary/aromatic N) is 2. The molecule has 0 aliphatic rings. The number of rotatable bonds is 5. The van der Waals surface area contributed by atoms with Crippen LogP contribution in [0.4, 0.5) is 5.95 Å². The summed E-state index contributed by atoms with van der Waals surface area (Å²) in [6.45, 7) is 0.251. The van der Waals surface area contributed by atoms with Gasteiger partial charge in [-0.1, -0.05) is 0 Å². The number of nitrogens with two attached hydrogens (primary N) is 1. The molecule has 0 aromatic carbocycles. The molecule has 0 spiro atoms. The van der Waals surface area contributed by atoms with E-state index in [0.717, 1.165) is 6.26 Å². The first-order chi connectivity index (χ1) is 7.38. The molecule has 1 rings (SSSR count). The molecule has 0 saturated carbocycles. The predicted molar refractivity (Wildman–Crippen MR) is 56.0 cm³/mol. The zero-order valence-electron chi connectivity index (χ0n) is 8.52. The smallest absolute Gasteiger partial charge is 0.288 e. The number of sulfonamides is 1. The third kappa shape index (κ3) is 4.23. The summed E-state index contributed by atoms with van der Waals surface area (Å²) in [7, 11) is -3.24. The lowest BCUT2D eigenvalue weighted by molar-refractivity contribution is 0.0944. The van der Waals surface area contributed by atoms with Gasteiger partial charge in [-0.05, 0) is 0 Å². The second kappa shape index (κ2) is 4.90. The summed E-state index contributed by atoms with van der Waals surface area (Å²) >= 11 is 0. The molecule has 1 aromatic heterocycles. The van der Waals surface area contributed by atoms with Crippen LogP contribution in [-0.2, 0) is 10.0 Å². The van der Waals surface area contributed by atoms with Gasteiger partial charge in [0.15, 0.2) is 0 Å². The van der Waals surface area contributed by atoms with E-state index in [9.17, 15) is 13.2 Å². The van der Waals surface area contributed by atoms with Crippen molar-refractivity contribution in [3.05, 3.63) is 5.82 Å². The van der Waals surface area contributed by atoms with Crippen molar-refractivity contribution in [2.45, 2.75) is 0 Å². The van der Waals surface area contributed by atoms with E-state index in [-0.39, 0.29) is 24.9 Å². The number of amides is 1. The Morgan fingerprint density at radius 1 is 1.50 bits per heavy atom. The van der Waals surface area contributed by atoms with Gasteiger partial charge in [-0.25, -0.2) is 13.1 Å². The molecule has 1 aromatic rings. The van der Waals surface area contributed by atoms with Gasteiger partial charge in [0.1, 0.15) is 0 Å². The molecule has 90 valence electrons. The zero-order valence-corrected chi connectivity index (χ0v) is 9.34. The first-order valence-corrected chi connectivity index (χ1v) is 6.18. The van der Waals surface area contributed by atoms with Gasteiger partial charge >= 0.3 is 0 Å². The second-order valence-corrected chi connectivity index (χ2v) is 4.80. The molecule has 1 amide bonds. The van der Waals surface area contributed by atoms with Crippen LogP contribution in [-0.4, -0.2) is 48.9 Å². The number of hydrogen-bond acceptors (Lipinski definition) is 6. The Bertz CT molecular complexity index is 466. The molecule has 10 heteroatoms. The first kappa shape index (κ1) is 12.4. The van der Waals surface area contributed by atoms with Gasteiger partial charge in [-0.3, -0.25) is 9.89 Å². The van der Waals surface area contributed by atoms with Crippen LogP contribution in [0, 0.1) is 0 Å². The topological polar surface area (TPSA) is 143 Å². The van der Waals surface area contributed by atoms with Crippen LogP contribution in [0.2, 0.25) is 0 Å². The van der Waals surface area contributed by atoms with Crippen LogP contribution in [0.3, 0.4) is 0 Å². The van der Waals surface area contributed by atoms with Crippen LogP contribution in [0.5, 0.6) is 0 Å². The minimum absolute atomic E-state index is 0.0168. The van der Waals surface area contributed by atoms with E-state index in [2.05, 4.69) is 25.2 Å². The number of nitrogen functional groups attached to an aromatic ring is 1. The predicted octanol–water partition coefficient (Wildman–Crippen LogP) is -2.33. The summed E-state index contributed by atoms with van der Waals surface area (Å²) in [5.41, 5.74) is 5.20. The van der Waals surface area contributed by atoms with Crippen molar-refractivity contribution in [3.8, 4) is 0 Å². The number of aromatic amines is 1. The second-order valence-electron chi connectivity index (χ2n) is 2.96. The molecule has 0 unspecified atom stereocenters. The fourth-order valence-corrected chi connectivity index (χ4v) is 1.35. The summed E-state index contributed by atoms with van der Waals surface area (Å²) in [6, 6.07) is 0. The van der Waals surface area contributed by atoms with Gasteiger partial charge in [0, 0.05) is 13.1 Å². The molecule has 0 aliphatic heterocycles. The molecule has 16 heavy (non-hydrogen) atoms. The number of carbonyl (C=O) groups excluding carboxylic acids is 1. The lowest BCUT2D eigenvalue weighted by atomic mass is 10.5. The van der Waals surface area contributed by atoms with Gasteiger partial charge < -0.3 is 11.1 Å². The normalized spacial score (nSPS) is 11.3. The van der Waals surface area contributed by atoms with Crippen molar-refractivity contribution in [1.29, 1.82) is 0 Å². The summed E-state index contributed by atoms with van der Waals surface area (Å²) in [5, 5.41) is 8.23. The maximum absolute atomic E-state index is 11.3. The summed E-state index contributed by atoms with van der Waals surface area (Å²) < 4.78 is 23.6. The molecule has 0 radical (unpaired) electrons. The minimum atomic E-state index is -3.24. The average Bonchev–Trinajstić information content (AvgIpc) is 2.57. The zero-order chi connectivity index (χ0) is 12.2. The van der Waals surface area contributed by atoms with Crippen LogP contribution in [0.1, 0.15) is 10.6 Å². The van der Waals surface area contributed by atoms with E-state index in [1.165, 1.54) is 0 Å².